The van der Waals surface area contributed by atoms with E-state index in [-0.39, 0.29) is 57.3 Å². The van der Waals surface area contributed by atoms with Crippen LogP contribution in [0, 0.1) is 10.1 Å². The van der Waals surface area contributed by atoms with Gasteiger partial charge in [-0.3, -0.25) is 4.79 Å². The molecule has 0 bridgehead atoms. The van der Waals surface area contributed by atoms with Crippen molar-refractivity contribution in [3.8, 4) is 0 Å². The van der Waals surface area contributed by atoms with Gasteiger partial charge in [0.2, 0.25) is 5.91 Å². The van der Waals surface area contributed by atoms with E-state index < -0.39 is 0 Å². The van der Waals surface area contributed by atoms with Gasteiger partial charge in [0, 0.05) is 13.0 Å². The molecule has 1 heterocycles. The molecule has 0 radical (unpaired) electrons. The molecule has 0 unspecified atom stereocenters. The zero-order valence-corrected chi connectivity index (χ0v) is 8.92. The Morgan fingerprint density at radius 2 is 2.10 bits per heavy atom. The van der Waals surface area contributed by atoms with Crippen LogP contribution in [-0.4, -0.2) is 12.5 Å². The average molecular weight is 170 g/mol. The third kappa shape index (κ3) is 8.51. The van der Waals surface area contributed by atoms with Crippen LogP contribution in [0.3, 0.4) is 0 Å². The van der Waals surface area contributed by atoms with E-state index in [1.165, 1.54) is 0 Å². The minimum atomic E-state index is 0. The number of carbonyl (C=O) groups is 1. The van der Waals surface area contributed by atoms with Gasteiger partial charge in [-0.15, -0.1) is 5.34 Å². The number of nitrogens with zero attached hydrogens (tertiary/aromatic N) is 1. The van der Waals surface area contributed by atoms with E-state index in [9.17, 15) is 4.79 Å². The summed E-state index contributed by atoms with van der Waals surface area (Å²) in [5.74, 6) is 0.204. The zero-order chi connectivity index (χ0) is 7.11. The van der Waals surface area contributed by atoms with E-state index in [4.69, 9.17) is 10.1 Å². The Labute approximate surface area is 101 Å². The van der Waals surface area contributed by atoms with E-state index in [1.807, 2.05) is 0 Å². The molecule has 1 fully saturated rings. The fourth-order valence-electron chi connectivity index (χ4n) is 0.565. The van der Waals surface area contributed by atoms with Crippen LogP contribution >= 0.6 is 0 Å². The fourth-order valence-corrected chi connectivity index (χ4v) is 0.565. The van der Waals surface area contributed by atoms with E-state index in [1.54, 1.807) is 0 Å². The molecule has 0 aromatic carbocycles. The van der Waals surface area contributed by atoms with Gasteiger partial charge in [-0.2, -0.15) is 0 Å². The number of rotatable bonds is 0. The smallest absolute Gasteiger partial charge is 0.444 e. The maximum Gasteiger partial charge on any atom is 1.00 e. The summed E-state index contributed by atoms with van der Waals surface area (Å²) >= 11 is 0. The van der Waals surface area contributed by atoms with Crippen LogP contribution in [-0.2, 0) is 4.79 Å². The van der Waals surface area contributed by atoms with Gasteiger partial charge in [0.05, 0.1) is 0 Å². The molecule has 6 heteroatoms. The quantitative estimate of drug-likeness (QED) is 0.241. The molecule has 5 nitrogen and oxygen atoms in total. The van der Waals surface area contributed by atoms with Crippen molar-refractivity contribution in [3.63, 3.8) is 0 Å². The predicted molar refractivity (Wildman–Crippen MR) is 31.4 cm³/mol. The van der Waals surface area contributed by atoms with Gasteiger partial charge in [0.1, 0.15) is 0 Å². The standard InChI is InChI=1S/C4H7NO.K.HNO2/c6-4-2-1-3-5-4;;2-1-3/h1-3H2,(H,5,6);;(H,2,3)/q;+1;/p-1. The summed E-state index contributed by atoms with van der Waals surface area (Å²) in [6.07, 6.45) is 1.76. The van der Waals surface area contributed by atoms with Crippen LogP contribution in [0.1, 0.15) is 12.8 Å². The van der Waals surface area contributed by atoms with Crippen LogP contribution in [0.25, 0.3) is 0 Å². The van der Waals surface area contributed by atoms with Crippen molar-refractivity contribution in [2.24, 2.45) is 5.34 Å². The Hall–Kier alpha value is 0.506. The van der Waals surface area contributed by atoms with E-state index in [2.05, 4.69) is 5.32 Å². The second kappa shape index (κ2) is 9.51. The molecule has 52 valence electrons. The zero-order valence-electron chi connectivity index (χ0n) is 5.79. The third-order valence-corrected chi connectivity index (χ3v) is 0.903. The minimum absolute atomic E-state index is 0. The first-order chi connectivity index (χ1) is 4.31. The fraction of sp³-hybridized carbons (Fsp3) is 0.750. The molecule has 1 amide bonds. The number of hydrogen-bond acceptors (Lipinski definition) is 4. The van der Waals surface area contributed by atoms with Crippen LogP contribution in [0.5, 0.6) is 0 Å². The molecule has 0 spiro atoms. The molecule has 0 saturated carbocycles. The molecule has 1 N–H and O–H groups in total. The van der Waals surface area contributed by atoms with Crippen molar-refractivity contribution < 1.29 is 56.2 Å². The first kappa shape index (κ1) is 13.1. The Kier molecular flexibility index (Phi) is 12.5. The van der Waals surface area contributed by atoms with Crippen molar-refractivity contribution in [2.45, 2.75) is 12.8 Å². The maximum atomic E-state index is 10.1. The summed E-state index contributed by atoms with van der Waals surface area (Å²) in [5, 5.41) is 11.7. The molecule has 0 atom stereocenters. The number of hydrogen-bond donors (Lipinski definition) is 1. The van der Waals surface area contributed by atoms with Gasteiger partial charge in [0.25, 0.3) is 0 Å². The normalized spacial score (nSPS) is 13.8. The molecule has 1 rings (SSSR count). The van der Waals surface area contributed by atoms with Gasteiger partial charge >= 0.3 is 51.4 Å². The molecule has 10 heavy (non-hydrogen) atoms. The van der Waals surface area contributed by atoms with Gasteiger partial charge in [0.15, 0.2) is 0 Å². The Morgan fingerprint density at radius 3 is 2.20 bits per heavy atom. The van der Waals surface area contributed by atoms with Gasteiger partial charge in [-0.05, 0) is 6.42 Å². The Bertz CT molecular complexity index is 101. The third-order valence-electron chi connectivity index (χ3n) is 0.903. The SMILES string of the molecule is O=C1CCCN1.O=N[O-].[K+]. The molecular weight excluding hydrogens is 163 g/mol. The van der Waals surface area contributed by atoms with Gasteiger partial charge in [-0.1, -0.05) is 0 Å². The van der Waals surface area contributed by atoms with Crippen LogP contribution in [0.4, 0.5) is 0 Å². The second-order valence-electron chi connectivity index (χ2n) is 1.53. The number of nitrogens with one attached hydrogen (secondary N) is 1. The van der Waals surface area contributed by atoms with Crippen molar-refractivity contribution in [1.82, 2.24) is 5.32 Å². The first-order valence-electron chi connectivity index (χ1n) is 2.53. The number of amides is 1. The van der Waals surface area contributed by atoms with Gasteiger partial charge in [-0.25, -0.2) is 0 Å². The monoisotopic (exact) mass is 170 g/mol. The van der Waals surface area contributed by atoms with Crippen LogP contribution < -0.4 is 56.7 Å². The summed E-state index contributed by atoms with van der Waals surface area (Å²) in [7, 11) is 0. The van der Waals surface area contributed by atoms with Crippen molar-refractivity contribution in [2.75, 3.05) is 6.54 Å². The van der Waals surface area contributed by atoms with Crippen molar-refractivity contribution in [1.29, 1.82) is 0 Å². The van der Waals surface area contributed by atoms with Crippen LogP contribution in [0.15, 0.2) is 5.34 Å². The van der Waals surface area contributed by atoms with Gasteiger partial charge < -0.3 is 15.4 Å². The summed E-state index contributed by atoms with van der Waals surface area (Å²) in [6, 6.07) is 0. The average Bonchev–Trinajstić information content (AvgIpc) is 2.20. The van der Waals surface area contributed by atoms with Crippen molar-refractivity contribution in [3.05, 3.63) is 10.1 Å². The second-order valence-corrected chi connectivity index (χ2v) is 1.53. The Morgan fingerprint density at radius 1 is 1.60 bits per heavy atom. The number of carbonyl (C=O) groups excluding carboxylic acids is 1. The topological polar surface area (TPSA) is 81.6 Å². The molecule has 0 aromatic rings. The molecular formula is C4H7KN2O3. The molecule has 0 aliphatic carbocycles. The van der Waals surface area contributed by atoms with E-state index in [0.29, 0.717) is 0 Å². The summed E-state index contributed by atoms with van der Waals surface area (Å²) in [6.45, 7) is 0.888. The molecule has 0 aromatic heterocycles. The molecule has 1 aliphatic rings. The largest absolute Gasteiger partial charge is 1.00 e. The summed E-state index contributed by atoms with van der Waals surface area (Å²) < 4.78 is 0. The van der Waals surface area contributed by atoms with E-state index >= 15 is 0 Å². The molecule has 1 saturated heterocycles. The predicted octanol–water partition coefficient (Wildman–Crippen LogP) is -2.85. The first-order valence-corrected chi connectivity index (χ1v) is 2.53. The van der Waals surface area contributed by atoms with E-state index in [0.717, 1.165) is 24.7 Å². The van der Waals surface area contributed by atoms with Crippen molar-refractivity contribution >= 4 is 5.91 Å². The van der Waals surface area contributed by atoms with Crippen LogP contribution in [0.2, 0.25) is 0 Å². The molecule has 1 aliphatic heterocycles. The maximum absolute atomic E-state index is 10.1. The summed E-state index contributed by atoms with van der Waals surface area (Å²) in [4.78, 5) is 18.1. The minimum Gasteiger partial charge on any atom is -0.444 e. The summed E-state index contributed by atoms with van der Waals surface area (Å²) in [5.41, 5.74) is 0. The Balaban J connectivity index is 0.